The Morgan fingerprint density at radius 2 is 1.65 bits per heavy atom. The molecule has 6 nitrogen and oxygen atoms in total. The Kier molecular flexibility index (Phi) is 8.04. The Hall–Kier alpha value is -2.89. The fraction of sp³-hybridized carbons (Fsp3) is 0.480. The van der Waals surface area contributed by atoms with Crippen LogP contribution in [0.1, 0.15) is 48.5 Å². The summed E-state index contributed by atoms with van der Waals surface area (Å²) in [5.74, 6) is 2.76. The number of hydrogen-bond donors (Lipinski definition) is 0. The SMILES string of the molecule is CCOc1cc(C(=O)N2CCCCC2CCc2ccc(OC)c(OC)c2)ccc1OC. The van der Waals surface area contributed by atoms with E-state index in [0.717, 1.165) is 50.1 Å². The molecule has 2 aromatic rings. The molecular weight excluding hydrogens is 394 g/mol. The maximum absolute atomic E-state index is 13.4. The predicted molar refractivity (Wildman–Crippen MR) is 121 cm³/mol. The van der Waals surface area contributed by atoms with Gasteiger partial charge >= 0.3 is 0 Å². The predicted octanol–water partition coefficient (Wildman–Crippen LogP) is 4.74. The van der Waals surface area contributed by atoms with Crippen molar-refractivity contribution in [3.05, 3.63) is 47.5 Å². The van der Waals surface area contributed by atoms with E-state index in [2.05, 4.69) is 6.07 Å². The average molecular weight is 428 g/mol. The Morgan fingerprint density at radius 1 is 0.935 bits per heavy atom. The number of carbonyl (C=O) groups excluding carboxylic acids is 1. The lowest BCUT2D eigenvalue weighted by Crippen LogP contribution is -2.44. The van der Waals surface area contributed by atoms with Gasteiger partial charge in [0.25, 0.3) is 5.91 Å². The third-order valence-electron chi connectivity index (χ3n) is 5.81. The van der Waals surface area contributed by atoms with Crippen molar-refractivity contribution in [2.75, 3.05) is 34.5 Å². The van der Waals surface area contributed by atoms with E-state index in [1.165, 1.54) is 5.56 Å². The second kappa shape index (κ2) is 10.9. The first kappa shape index (κ1) is 22.8. The van der Waals surface area contributed by atoms with Crippen LogP contribution < -0.4 is 18.9 Å². The smallest absolute Gasteiger partial charge is 0.254 e. The average Bonchev–Trinajstić information content (AvgIpc) is 2.82. The van der Waals surface area contributed by atoms with Crippen molar-refractivity contribution >= 4 is 5.91 Å². The van der Waals surface area contributed by atoms with Crippen molar-refractivity contribution in [2.24, 2.45) is 0 Å². The van der Waals surface area contributed by atoms with Crippen LogP contribution in [-0.2, 0) is 6.42 Å². The maximum Gasteiger partial charge on any atom is 0.254 e. The maximum atomic E-state index is 13.4. The highest BCUT2D eigenvalue weighted by atomic mass is 16.5. The number of methoxy groups -OCH3 is 3. The molecule has 1 unspecified atom stereocenters. The highest BCUT2D eigenvalue weighted by Crippen LogP contribution is 2.31. The molecule has 0 aromatic heterocycles. The van der Waals surface area contributed by atoms with Crippen LogP contribution >= 0.6 is 0 Å². The van der Waals surface area contributed by atoms with Gasteiger partial charge in [0.2, 0.25) is 0 Å². The summed E-state index contributed by atoms with van der Waals surface area (Å²) in [6.45, 7) is 3.22. The summed E-state index contributed by atoms with van der Waals surface area (Å²) in [5.41, 5.74) is 1.82. The summed E-state index contributed by atoms with van der Waals surface area (Å²) in [5, 5.41) is 0. The van der Waals surface area contributed by atoms with E-state index in [-0.39, 0.29) is 11.9 Å². The second-order valence-corrected chi connectivity index (χ2v) is 7.67. The molecule has 0 N–H and O–H groups in total. The van der Waals surface area contributed by atoms with Crippen molar-refractivity contribution in [3.8, 4) is 23.0 Å². The van der Waals surface area contributed by atoms with Gasteiger partial charge in [-0.1, -0.05) is 6.07 Å². The van der Waals surface area contributed by atoms with Crippen molar-refractivity contribution in [2.45, 2.75) is 45.1 Å². The van der Waals surface area contributed by atoms with Crippen molar-refractivity contribution in [1.82, 2.24) is 4.90 Å². The van der Waals surface area contributed by atoms with Crippen LogP contribution in [0.25, 0.3) is 0 Å². The minimum atomic E-state index is 0.0561. The van der Waals surface area contributed by atoms with Gasteiger partial charge in [-0.2, -0.15) is 0 Å². The number of benzene rings is 2. The molecule has 1 heterocycles. The molecule has 0 bridgehead atoms. The first-order valence-electron chi connectivity index (χ1n) is 10.9. The van der Waals surface area contributed by atoms with Crippen LogP contribution in [0, 0.1) is 0 Å². The molecule has 1 atom stereocenters. The van der Waals surface area contributed by atoms with E-state index >= 15 is 0 Å². The second-order valence-electron chi connectivity index (χ2n) is 7.67. The molecule has 1 aliphatic rings. The van der Waals surface area contributed by atoms with E-state index in [1.54, 1.807) is 33.5 Å². The highest BCUT2D eigenvalue weighted by Gasteiger charge is 2.28. The van der Waals surface area contributed by atoms with Gasteiger partial charge in [-0.15, -0.1) is 0 Å². The summed E-state index contributed by atoms with van der Waals surface area (Å²) in [6.07, 6.45) is 4.99. The molecule has 168 valence electrons. The zero-order chi connectivity index (χ0) is 22.2. The quantitative estimate of drug-likeness (QED) is 0.579. The number of piperidine rings is 1. The van der Waals surface area contributed by atoms with Gasteiger partial charge in [0.15, 0.2) is 23.0 Å². The summed E-state index contributed by atoms with van der Waals surface area (Å²) < 4.78 is 21.8. The van der Waals surface area contributed by atoms with Gasteiger partial charge in [0.05, 0.1) is 27.9 Å². The van der Waals surface area contributed by atoms with Gasteiger partial charge in [-0.25, -0.2) is 0 Å². The fourth-order valence-electron chi connectivity index (χ4n) is 4.18. The lowest BCUT2D eigenvalue weighted by molar-refractivity contribution is 0.0601. The van der Waals surface area contributed by atoms with Gasteiger partial charge in [-0.3, -0.25) is 4.79 Å². The van der Waals surface area contributed by atoms with Gasteiger partial charge in [0, 0.05) is 18.2 Å². The molecule has 31 heavy (non-hydrogen) atoms. The minimum Gasteiger partial charge on any atom is -0.493 e. The van der Waals surface area contributed by atoms with Crippen LogP contribution in [0.3, 0.4) is 0 Å². The lowest BCUT2D eigenvalue weighted by atomic mass is 9.95. The van der Waals surface area contributed by atoms with Crippen LogP contribution in [0.15, 0.2) is 36.4 Å². The van der Waals surface area contributed by atoms with Crippen molar-refractivity contribution in [1.29, 1.82) is 0 Å². The summed E-state index contributed by atoms with van der Waals surface area (Å²) in [7, 11) is 4.89. The Labute approximate surface area is 185 Å². The van der Waals surface area contributed by atoms with Crippen LogP contribution in [0.4, 0.5) is 0 Å². The number of amides is 1. The van der Waals surface area contributed by atoms with Crippen LogP contribution in [-0.4, -0.2) is 51.3 Å². The molecule has 1 saturated heterocycles. The molecule has 0 radical (unpaired) electrons. The number of likely N-dealkylation sites (tertiary alicyclic amines) is 1. The summed E-state index contributed by atoms with van der Waals surface area (Å²) in [4.78, 5) is 15.4. The van der Waals surface area contributed by atoms with Crippen molar-refractivity contribution < 1.29 is 23.7 Å². The van der Waals surface area contributed by atoms with E-state index in [4.69, 9.17) is 18.9 Å². The number of aryl methyl sites for hydroxylation is 1. The number of hydrogen-bond acceptors (Lipinski definition) is 5. The monoisotopic (exact) mass is 427 g/mol. The van der Waals surface area contributed by atoms with Crippen LogP contribution in [0.5, 0.6) is 23.0 Å². The van der Waals surface area contributed by atoms with E-state index in [1.807, 2.05) is 30.0 Å². The molecule has 1 fully saturated rings. The van der Waals surface area contributed by atoms with Gasteiger partial charge in [0.1, 0.15) is 0 Å². The van der Waals surface area contributed by atoms with E-state index < -0.39 is 0 Å². The minimum absolute atomic E-state index is 0.0561. The molecule has 0 saturated carbocycles. The molecule has 3 rings (SSSR count). The first-order chi connectivity index (χ1) is 15.1. The zero-order valence-electron chi connectivity index (χ0n) is 19.0. The van der Waals surface area contributed by atoms with Crippen LogP contribution in [0.2, 0.25) is 0 Å². The lowest BCUT2D eigenvalue weighted by Gasteiger charge is -2.36. The van der Waals surface area contributed by atoms with Gasteiger partial charge in [-0.05, 0) is 74.9 Å². The molecule has 1 amide bonds. The third kappa shape index (κ3) is 5.43. The number of nitrogens with zero attached hydrogens (tertiary/aromatic N) is 1. The normalized spacial score (nSPS) is 16.0. The molecule has 1 aliphatic heterocycles. The Morgan fingerprint density at radius 3 is 2.35 bits per heavy atom. The highest BCUT2D eigenvalue weighted by molar-refractivity contribution is 5.95. The summed E-state index contributed by atoms with van der Waals surface area (Å²) >= 11 is 0. The molecule has 0 aliphatic carbocycles. The topological polar surface area (TPSA) is 57.2 Å². The number of carbonyl (C=O) groups is 1. The zero-order valence-corrected chi connectivity index (χ0v) is 19.0. The third-order valence-corrected chi connectivity index (χ3v) is 5.81. The Balaban J connectivity index is 1.73. The fourth-order valence-corrected chi connectivity index (χ4v) is 4.18. The molecule has 6 heteroatoms. The van der Waals surface area contributed by atoms with E-state index in [9.17, 15) is 4.79 Å². The van der Waals surface area contributed by atoms with E-state index in [0.29, 0.717) is 23.7 Å². The van der Waals surface area contributed by atoms with Gasteiger partial charge < -0.3 is 23.8 Å². The molecule has 0 spiro atoms. The number of ether oxygens (including phenoxy) is 4. The standard InChI is InChI=1S/C25H33NO5/c1-5-31-24-17-19(11-14-22(24)29-3)25(27)26-15-7-6-8-20(26)12-9-18-10-13-21(28-2)23(16-18)30-4/h10-11,13-14,16-17,20H,5-9,12,15H2,1-4H3. The number of rotatable bonds is 9. The summed E-state index contributed by atoms with van der Waals surface area (Å²) in [6, 6.07) is 11.7. The molecular formula is C25H33NO5. The largest absolute Gasteiger partial charge is 0.493 e. The molecule has 2 aromatic carbocycles. The van der Waals surface area contributed by atoms with Crippen molar-refractivity contribution in [3.63, 3.8) is 0 Å². The Bertz CT molecular complexity index is 882. The first-order valence-corrected chi connectivity index (χ1v) is 10.9.